The van der Waals surface area contributed by atoms with E-state index >= 15 is 0 Å². The van der Waals surface area contributed by atoms with E-state index in [0.717, 1.165) is 17.5 Å². The number of fused-ring (bicyclic) bond motifs is 1. The molecule has 8 N–H and O–H groups in total. The quantitative estimate of drug-likeness (QED) is 0.100. The van der Waals surface area contributed by atoms with E-state index in [1.807, 2.05) is 0 Å². The number of nitrogens with zero attached hydrogens (tertiary/aromatic N) is 4. The van der Waals surface area contributed by atoms with Crippen LogP contribution in [0.25, 0.3) is 11.2 Å². The summed E-state index contributed by atoms with van der Waals surface area (Å²) >= 11 is 0.772. The number of nitrogens with one attached hydrogen (secondary N) is 1. The Hall–Kier alpha value is -2.46. The number of amides is 1. The number of ether oxygens (including phenoxy) is 5. The highest BCUT2D eigenvalue weighted by Crippen LogP contribution is 2.63. The van der Waals surface area contributed by atoms with Gasteiger partial charge in [-0.05, 0) is 18.3 Å². The van der Waals surface area contributed by atoms with Crippen molar-refractivity contribution in [2.75, 3.05) is 31.8 Å². The summed E-state index contributed by atoms with van der Waals surface area (Å²) in [5, 5.41) is 33.4. The molecule has 0 spiro atoms. The third-order valence-electron chi connectivity index (χ3n) is 7.36. The van der Waals surface area contributed by atoms with Crippen molar-refractivity contribution in [1.29, 1.82) is 0 Å². The van der Waals surface area contributed by atoms with Gasteiger partial charge < -0.3 is 55.8 Å². The molecule has 3 aliphatic heterocycles. The Balaban J connectivity index is 1.31. The molecule has 3 saturated heterocycles. The number of nitrogen functional groups attached to an aromatic ring is 1. The predicted molar refractivity (Wildman–Crippen MR) is 155 cm³/mol. The highest BCUT2D eigenvalue weighted by Gasteiger charge is 2.50. The van der Waals surface area contributed by atoms with Gasteiger partial charge in [-0.1, -0.05) is 0 Å². The maximum atomic E-state index is 14.3. The number of nitrogens with two attached hydrogens (primary N) is 2. The van der Waals surface area contributed by atoms with E-state index in [1.54, 1.807) is 11.5 Å². The van der Waals surface area contributed by atoms with Crippen LogP contribution in [0.2, 0.25) is 0 Å². The van der Waals surface area contributed by atoms with Crippen LogP contribution in [0.4, 0.5) is 5.82 Å². The van der Waals surface area contributed by atoms with Gasteiger partial charge in [-0.15, -0.1) is 0 Å². The van der Waals surface area contributed by atoms with Crippen LogP contribution in [0, 0.1) is 0 Å². The summed E-state index contributed by atoms with van der Waals surface area (Å²) < 4.78 is 55.8. The Bertz CT molecular complexity index is 1410. The number of imidazole rings is 1. The minimum atomic E-state index is -4.18. The molecule has 250 valence electrons. The number of anilines is 1. The summed E-state index contributed by atoms with van der Waals surface area (Å²) in [7, 11) is 1.36. The van der Waals surface area contributed by atoms with Gasteiger partial charge in [-0.3, -0.25) is 18.4 Å². The number of carbonyl (C=O) groups excluding carboxylic acids is 1. The molecule has 5 rings (SSSR count). The molecule has 19 nitrogen and oxygen atoms in total. The highest BCUT2D eigenvalue weighted by molar-refractivity contribution is 8.55. The first-order valence-electron chi connectivity index (χ1n) is 13.9. The Labute approximate surface area is 260 Å². The largest absolute Gasteiger partial charge is 0.394 e. The van der Waals surface area contributed by atoms with E-state index in [0.29, 0.717) is 11.2 Å². The van der Waals surface area contributed by atoms with E-state index in [2.05, 4.69) is 20.3 Å². The van der Waals surface area contributed by atoms with Crippen LogP contribution in [0.3, 0.4) is 0 Å². The SMILES string of the molecule is COC1C(O[P@@](=O)(OC[C@H]2O[C@@H](n3cnc4c(N)ncnc43)CC2O)SCC2OC(O)OC2C)[C@@H](CO)O[C@H]1N/C=C\C(N)=O. The molecule has 2 aromatic rings. The van der Waals surface area contributed by atoms with E-state index in [1.165, 1.54) is 26.0 Å². The molecular weight excluding hydrogens is 641 g/mol. The molecule has 0 bridgehead atoms. The van der Waals surface area contributed by atoms with Crippen molar-refractivity contribution in [2.45, 2.75) is 75.0 Å². The minimum absolute atomic E-state index is 0.0202. The number of primary amides is 1. The average molecular weight is 678 g/mol. The summed E-state index contributed by atoms with van der Waals surface area (Å²) in [6.07, 6.45) is -2.58. The Morgan fingerprint density at radius 2 is 2.00 bits per heavy atom. The van der Waals surface area contributed by atoms with Crippen LogP contribution < -0.4 is 16.8 Å². The topological polar surface area (TPSA) is 267 Å². The van der Waals surface area contributed by atoms with Gasteiger partial charge in [0.25, 0.3) is 6.48 Å². The molecule has 0 saturated carbocycles. The maximum Gasteiger partial charge on any atom is 0.389 e. The van der Waals surface area contributed by atoms with Crippen LogP contribution in [-0.4, -0.2) is 122 Å². The first-order chi connectivity index (χ1) is 21.5. The number of aliphatic hydroxyl groups excluding tert-OH is 3. The van der Waals surface area contributed by atoms with Gasteiger partial charge in [0.1, 0.15) is 42.5 Å². The van der Waals surface area contributed by atoms with E-state index in [-0.39, 0.29) is 24.6 Å². The van der Waals surface area contributed by atoms with Crippen molar-refractivity contribution < 1.29 is 57.4 Å². The summed E-state index contributed by atoms with van der Waals surface area (Å²) in [5.74, 6) is -0.490. The first kappa shape index (κ1) is 33.9. The molecule has 3 aliphatic rings. The van der Waals surface area contributed by atoms with Gasteiger partial charge in [0.2, 0.25) is 5.91 Å². The number of carbonyl (C=O) groups is 1. The molecule has 0 aromatic carbocycles. The molecule has 0 aliphatic carbocycles. The molecule has 2 aromatic heterocycles. The normalized spacial score (nSPS) is 35.0. The zero-order valence-corrected chi connectivity index (χ0v) is 25.9. The van der Waals surface area contributed by atoms with Gasteiger partial charge in [-0.2, -0.15) is 0 Å². The van der Waals surface area contributed by atoms with Crippen LogP contribution >= 0.6 is 18.2 Å². The van der Waals surface area contributed by atoms with Crippen LogP contribution in [0.15, 0.2) is 24.9 Å². The van der Waals surface area contributed by atoms with E-state index in [9.17, 15) is 24.7 Å². The molecule has 21 heteroatoms. The number of methoxy groups -OCH3 is 1. The second-order valence-corrected chi connectivity index (χ2v) is 14.4. The van der Waals surface area contributed by atoms with Crippen molar-refractivity contribution in [3.05, 3.63) is 24.9 Å². The molecule has 3 fully saturated rings. The number of aromatic nitrogens is 4. The van der Waals surface area contributed by atoms with Crippen LogP contribution in [0.1, 0.15) is 19.6 Å². The van der Waals surface area contributed by atoms with Gasteiger partial charge >= 0.3 is 6.80 Å². The Morgan fingerprint density at radius 3 is 2.69 bits per heavy atom. The summed E-state index contributed by atoms with van der Waals surface area (Å²) in [4.78, 5) is 23.5. The number of rotatable bonds is 14. The second kappa shape index (κ2) is 14.5. The van der Waals surface area contributed by atoms with Crippen LogP contribution in [0.5, 0.6) is 0 Å². The van der Waals surface area contributed by atoms with Gasteiger partial charge in [-0.25, -0.2) is 19.5 Å². The summed E-state index contributed by atoms with van der Waals surface area (Å²) in [6.45, 7) is -4.83. The lowest BCUT2D eigenvalue weighted by molar-refractivity contribution is -0.208. The number of hydrogen-bond donors (Lipinski definition) is 6. The fraction of sp³-hybridized carbons (Fsp3) is 0.667. The predicted octanol–water partition coefficient (Wildman–Crippen LogP) is -1.30. The lowest BCUT2D eigenvalue weighted by Gasteiger charge is -2.28. The molecule has 11 atom stereocenters. The molecule has 6 unspecified atom stereocenters. The van der Waals surface area contributed by atoms with E-state index in [4.69, 9.17) is 44.2 Å². The lowest BCUT2D eigenvalue weighted by Crippen LogP contribution is -2.41. The van der Waals surface area contributed by atoms with Crippen molar-refractivity contribution in [1.82, 2.24) is 24.8 Å². The van der Waals surface area contributed by atoms with Gasteiger partial charge in [0.05, 0.1) is 37.9 Å². The minimum Gasteiger partial charge on any atom is -0.394 e. The highest BCUT2D eigenvalue weighted by atomic mass is 32.7. The Morgan fingerprint density at radius 1 is 1.20 bits per heavy atom. The standard InChI is InChI=1S/C24H36N7O12PS/c1-11-15(42-24(35)39-11)8-45-44(36,43-19-13(6-32)41-23(20(19)37-2)27-4-3-16(25)34)38-7-14-12(33)5-17(40-14)31-10-30-18-21(26)28-9-29-22(18)31/h3-4,9-15,17,19-20,23-24,27,32-33,35H,5-8H2,1-2H3,(H2,25,34)(H2,26,28,29)/b4-3-/t11?,12?,13-,14-,15?,17-,19?,20?,23-,24?,44-/m1/s1. The summed E-state index contributed by atoms with van der Waals surface area (Å²) in [5.41, 5.74) is 11.8. The summed E-state index contributed by atoms with van der Waals surface area (Å²) in [6, 6.07) is 0. The molecule has 0 radical (unpaired) electrons. The fourth-order valence-electron chi connectivity index (χ4n) is 5.05. The Kier molecular flexibility index (Phi) is 10.9. The van der Waals surface area contributed by atoms with Crippen molar-refractivity contribution >= 4 is 41.1 Å². The lowest BCUT2D eigenvalue weighted by atomic mass is 10.1. The molecule has 5 heterocycles. The zero-order valence-electron chi connectivity index (χ0n) is 24.2. The van der Waals surface area contributed by atoms with E-state index < -0.39 is 81.0 Å². The van der Waals surface area contributed by atoms with Crippen molar-refractivity contribution in [2.24, 2.45) is 5.73 Å². The number of aliphatic hydroxyl groups is 3. The third-order valence-corrected chi connectivity index (χ3v) is 11.1. The zero-order chi connectivity index (χ0) is 32.3. The van der Waals surface area contributed by atoms with Gasteiger partial charge in [0, 0.05) is 31.6 Å². The molecular formula is C24H36N7O12PS. The molecule has 1 amide bonds. The van der Waals surface area contributed by atoms with Crippen molar-refractivity contribution in [3.8, 4) is 0 Å². The second-order valence-electron chi connectivity index (χ2n) is 10.3. The smallest absolute Gasteiger partial charge is 0.389 e. The maximum absolute atomic E-state index is 14.3. The average Bonchev–Trinajstić information content (AvgIpc) is 3.75. The fourth-order valence-corrected chi connectivity index (χ4v) is 8.68. The molecule has 45 heavy (non-hydrogen) atoms. The third kappa shape index (κ3) is 7.75. The number of hydrogen-bond acceptors (Lipinski definition) is 18. The monoisotopic (exact) mass is 677 g/mol. The van der Waals surface area contributed by atoms with Gasteiger partial charge in [0.15, 0.2) is 17.7 Å². The van der Waals surface area contributed by atoms with Crippen molar-refractivity contribution in [3.63, 3.8) is 0 Å². The van der Waals surface area contributed by atoms with Crippen LogP contribution in [-0.2, 0) is 42.1 Å². The first-order valence-corrected chi connectivity index (χ1v) is 17.0.